The van der Waals surface area contributed by atoms with Crippen molar-refractivity contribution in [3.63, 3.8) is 0 Å². The molecule has 0 radical (unpaired) electrons. The number of ether oxygens (including phenoxy) is 2. The SMILES string of the molecule is COc1cc(OC)cc(C(N)CC2Cc3ccccc32)c1. The van der Waals surface area contributed by atoms with E-state index in [0.29, 0.717) is 5.92 Å². The lowest BCUT2D eigenvalue weighted by atomic mass is 9.74. The van der Waals surface area contributed by atoms with Gasteiger partial charge in [-0.2, -0.15) is 0 Å². The van der Waals surface area contributed by atoms with Gasteiger partial charge in [-0.05, 0) is 47.6 Å². The molecule has 0 fully saturated rings. The lowest BCUT2D eigenvalue weighted by molar-refractivity contribution is 0.391. The summed E-state index contributed by atoms with van der Waals surface area (Å²) in [5.74, 6) is 2.14. The van der Waals surface area contributed by atoms with Gasteiger partial charge in [0.2, 0.25) is 0 Å². The Kier molecular flexibility index (Phi) is 3.84. The zero-order valence-corrected chi connectivity index (χ0v) is 12.5. The fraction of sp³-hybridized carbons (Fsp3) is 0.333. The molecular formula is C18H21NO2. The number of hydrogen-bond donors (Lipinski definition) is 1. The van der Waals surface area contributed by atoms with Gasteiger partial charge in [-0.15, -0.1) is 0 Å². The second kappa shape index (κ2) is 5.78. The number of hydrogen-bond acceptors (Lipinski definition) is 3. The Morgan fingerprint density at radius 2 is 1.76 bits per heavy atom. The van der Waals surface area contributed by atoms with Gasteiger partial charge in [-0.3, -0.25) is 0 Å². The van der Waals surface area contributed by atoms with E-state index in [9.17, 15) is 0 Å². The maximum Gasteiger partial charge on any atom is 0.122 e. The van der Waals surface area contributed by atoms with Gasteiger partial charge >= 0.3 is 0 Å². The fourth-order valence-corrected chi connectivity index (χ4v) is 3.06. The second-order valence-corrected chi connectivity index (χ2v) is 5.59. The molecule has 0 aromatic heterocycles. The summed E-state index contributed by atoms with van der Waals surface area (Å²) in [6.45, 7) is 0. The predicted octanol–water partition coefficient (Wildman–Crippen LogP) is 3.43. The van der Waals surface area contributed by atoms with E-state index in [1.165, 1.54) is 11.1 Å². The molecule has 0 amide bonds. The summed E-state index contributed by atoms with van der Waals surface area (Å²) in [6, 6.07) is 14.5. The Labute approximate surface area is 125 Å². The van der Waals surface area contributed by atoms with Crippen LogP contribution in [0, 0.1) is 0 Å². The van der Waals surface area contributed by atoms with Crippen LogP contribution in [-0.2, 0) is 6.42 Å². The van der Waals surface area contributed by atoms with Crippen LogP contribution in [0.5, 0.6) is 11.5 Å². The molecule has 2 aromatic carbocycles. The molecule has 0 saturated carbocycles. The van der Waals surface area contributed by atoms with Crippen molar-refractivity contribution in [3.05, 3.63) is 59.2 Å². The zero-order chi connectivity index (χ0) is 14.8. The van der Waals surface area contributed by atoms with Crippen LogP contribution in [0.15, 0.2) is 42.5 Å². The molecule has 3 rings (SSSR count). The number of benzene rings is 2. The molecule has 2 aromatic rings. The van der Waals surface area contributed by atoms with Crippen molar-refractivity contribution in [2.75, 3.05) is 14.2 Å². The smallest absolute Gasteiger partial charge is 0.122 e. The zero-order valence-electron chi connectivity index (χ0n) is 12.5. The first-order valence-electron chi connectivity index (χ1n) is 7.27. The molecule has 1 aliphatic carbocycles. The Bertz CT molecular complexity index is 617. The Hall–Kier alpha value is -2.00. The van der Waals surface area contributed by atoms with Crippen molar-refractivity contribution in [2.45, 2.75) is 24.8 Å². The fourth-order valence-electron chi connectivity index (χ4n) is 3.06. The molecule has 3 nitrogen and oxygen atoms in total. The molecule has 2 atom stereocenters. The molecule has 2 unspecified atom stereocenters. The van der Waals surface area contributed by atoms with E-state index in [2.05, 4.69) is 24.3 Å². The van der Waals surface area contributed by atoms with Crippen LogP contribution in [0.1, 0.15) is 35.1 Å². The molecule has 2 N–H and O–H groups in total. The minimum Gasteiger partial charge on any atom is -0.497 e. The standard InChI is InChI=1S/C18H21NO2/c1-20-15-8-14(9-16(11-15)21-2)18(19)10-13-7-12-5-3-4-6-17(12)13/h3-6,8-9,11,13,18H,7,10,19H2,1-2H3. The number of nitrogens with two attached hydrogens (primary N) is 1. The molecule has 0 heterocycles. The van der Waals surface area contributed by atoms with E-state index in [4.69, 9.17) is 15.2 Å². The lowest BCUT2D eigenvalue weighted by Gasteiger charge is -2.32. The van der Waals surface area contributed by atoms with Gasteiger partial charge < -0.3 is 15.2 Å². The second-order valence-electron chi connectivity index (χ2n) is 5.59. The highest BCUT2D eigenvalue weighted by Gasteiger charge is 2.27. The molecule has 0 spiro atoms. The van der Waals surface area contributed by atoms with Crippen LogP contribution in [0.2, 0.25) is 0 Å². The first-order chi connectivity index (χ1) is 10.2. The van der Waals surface area contributed by atoms with Crippen molar-refractivity contribution in [1.82, 2.24) is 0 Å². The van der Waals surface area contributed by atoms with Crippen molar-refractivity contribution in [2.24, 2.45) is 5.73 Å². The van der Waals surface area contributed by atoms with Crippen molar-refractivity contribution >= 4 is 0 Å². The summed E-state index contributed by atoms with van der Waals surface area (Å²) in [5.41, 5.74) is 10.4. The van der Waals surface area contributed by atoms with Gasteiger partial charge in [0.25, 0.3) is 0 Å². The third kappa shape index (κ3) is 2.74. The number of fused-ring (bicyclic) bond motifs is 1. The van der Waals surface area contributed by atoms with Gasteiger partial charge in [-0.25, -0.2) is 0 Å². The van der Waals surface area contributed by atoms with Crippen molar-refractivity contribution < 1.29 is 9.47 Å². The van der Waals surface area contributed by atoms with Gasteiger partial charge in [0.15, 0.2) is 0 Å². The third-order valence-corrected chi connectivity index (χ3v) is 4.30. The monoisotopic (exact) mass is 283 g/mol. The van der Waals surface area contributed by atoms with E-state index >= 15 is 0 Å². The van der Waals surface area contributed by atoms with Crippen LogP contribution >= 0.6 is 0 Å². The average Bonchev–Trinajstić information content (AvgIpc) is 2.51. The molecule has 1 aliphatic rings. The summed E-state index contributed by atoms with van der Waals surface area (Å²) >= 11 is 0. The topological polar surface area (TPSA) is 44.5 Å². The van der Waals surface area contributed by atoms with Crippen LogP contribution in [0.3, 0.4) is 0 Å². The first-order valence-corrected chi connectivity index (χ1v) is 7.27. The maximum atomic E-state index is 6.40. The van der Waals surface area contributed by atoms with Gasteiger partial charge in [0.05, 0.1) is 14.2 Å². The molecule has 21 heavy (non-hydrogen) atoms. The lowest BCUT2D eigenvalue weighted by Crippen LogP contribution is -2.22. The molecule has 110 valence electrons. The summed E-state index contributed by atoms with van der Waals surface area (Å²) in [6.07, 6.45) is 2.08. The van der Waals surface area contributed by atoms with E-state index in [-0.39, 0.29) is 6.04 Å². The van der Waals surface area contributed by atoms with Gasteiger partial charge in [-0.1, -0.05) is 24.3 Å². The minimum atomic E-state index is -0.00708. The molecular weight excluding hydrogens is 262 g/mol. The first kappa shape index (κ1) is 14.0. The molecule has 0 saturated heterocycles. The highest BCUT2D eigenvalue weighted by Crippen LogP contribution is 2.40. The van der Waals surface area contributed by atoms with Gasteiger partial charge in [0, 0.05) is 12.1 Å². The average molecular weight is 283 g/mol. The molecule has 0 aliphatic heterocycles. The highest BCUT2D eigenvalue weighted by atomic mass is 16.5. The summed E-state index contributed by atoms with van der Waals surface area (Å²) in [4.78, 5) is 0. The van der Waals surface area contributed by atoms with E-state index < -0.39 is 0 Å². The van der Waals surface area contributed by atoms with Crippen LogP contribution < -0.4 is 15.2 Å². The number of methoxy groups -OCH3 is 2. The normalized spacial score (nSPS) is 17.6. The summed E-state index contributed by atoms with van der Waals surface area (Å²) in [5, 5.41) is 0. The third-order valence-electron chi connectivity index (χ3n) is 4.30. The summed E-state index contributed by atoms with van der Waals surface area (Å²) < 4.78 is 10.6. The maximum absolute atomic E-state index is 6.40. The van der Waals surface area contributed by atoms with Gasteiger partial charge in [0.1, 0.15) is 11.5 Å². The largest absolute Gasteiger partial charge is 0.497 e. The molecule has 3 heteroatoms. The number of rotatable bonds is 5. The molecule has 0 bridgehead atoms. The predicted molar refractivity (Wildman–Crippen MR) is 84.0 cm³/mol. The van der Waals surface area contributed by atoms with Crippen LogP contribution in [-0.4, -0.2) is 14.2 Å². The quantitative estimate of drug-likeness (QED) is 0.914. The van der Waals surface area contributed by atoms with Crippen LogP contribution in [0.25, 0.3) is 0 Å². The Morgan fingerprint density at radius 3 is 2.38 bits per heavy atom. The van der Waals surface area contributed by atoms with E-state index in [1.807, 2.05) is 18.2 Å². The minimum absolute atomic E-state index is 0.00708. The van der Waals surface area contributed by atoms with E-state index in [1.54, 1.807) is 14.2 Å². The Morgan fingerprint density at radius 1 is 1.10 bits per heavy atom. The van der Waals surface area contributed by atoms with E-state index in [0.717, 1.165) is 29.9 Å². The summed E-state index contributed by atoms with van der Waals surface area (Å²) in [7, 11) is 3.32. The highest BCUT2D eigenvalue weighted by molar-refractivity contribution is 5.42. The van der Waals surface area contributed by atoms with Crippen molar-refractivity contribution in [1.29, 1.82) is 0 Å². The van der Waals surface area contributed by atoms with Crippen molar-refractivity contribution in [3.8, 4) is 11.5 Å². The van der Waals surface area contributed by atoms with Crippen LogP contribution in [0.4, 0.5) is 0 Å². The Balaban J connectivity index is 1.76.